The van der Waals surface area contributed by atoms with Gasteiger partial charge in [0.15, 0.2) is 6.29 Å². The van der Waals surface area contributed by atoms with Gasteiger partial charge in [0.05, 0.1) is 5.69 Å². The monoisotopic (exact) mass is 347 g/mol. The van der Waals surface area contributed by atoms with E-state index in [1.165, 1.54) is 6.07 Å². The minimum Gasteiger partial charge on any atom is -0.367 e. The molecular weight excluding hydrogens is 328 g/mol. The third-order valence-electron chi connectivity index (χ3n) is 4.73. The first-order valence-electron chi connectivity index (χ1n) is 8.57. The van der Waals surface area contributed by atoms with Gasteiger partial charge in [-0.1, -0.05) is 0 Å². The molecule has 2 aromatic rings. The maximum atomic E-state index is 13.3. The summed E-state index contributed by atoms with van der Waals surface area (Å²) in [7, 11) is 0. The molecule has 2 aromatic heterocycles. The number of anilines is 1. The van der Waals surface area contributed by atoms with E-state index in [4.69, 9.17) is 0 Å². The Balaban J connectivity index is 1.54. The summed E-state index contributed by atoms with van der Waals surface area (Å²) in [4.78, 5) is 19.8. The Kier molecular flexibility index (Phi) is 3.97. The molecule has 0 atom stereocenters. The maximum Gasteiger partial charge on any atom is 0.253 e. The number of rotatable bonds is 5. The number of carbonyl (C=O) groups excluding carboxylic acids is 1. The third-order valence-corrected chi connectivity index (χ3v) is 4.73. The number of nitrogens with zero attached hydrogens (tertiary/aromatic N) is 4. The molecule has 0 aliphatic heterocycles. The van der Waals surface area contributed by atoms with Crippen LogP contribution in [0.2, 0.25) is 0 Å². The molecule has 0 aromatic carbocycles. The average molecular weight is 347 g/mol. The van der Waals surface area contributed by atoms with E-state index in [0.29, 0.717) is 36.8 Å². The maximum absolute atomic E-state index is 13.3. The van der Waals surface area contributed by atoms with Gasteiger partial charge in [-0.15, -0.1) is 0 Å². The van der Waals surface area contributed by atoms with Gasteiger partial charge in [-0.2, -0.15) is 10.1 Å². The van der Waals surface area contributed by atoms with Crippen molar-refractivity contribution in [2.45, 2.75) is 56.4 Å². The number of carbonyl (C=O) groups is 1. The van der Waals surface area contributed by atoms with Crippen LogP contribution in [-0.4, -0.2) is 38.0 Å². The summed E-state index contributed by atoms with van der Waals surface area (Å²) >= 11 is 0. The molecule has 0 radical (unpaired) electrons. The summed E-state index contributed by atoms with van der Waals surface area (Å²) in [6.07, 6.45) is 5.20. The number of aldehydes is 1. The highest BCUT2D eigenvalue weighted by molar-refractivity contribution is 5.73. The van der Waals surface area contributed by atoms with Crippen LogP contribution in [0.1, 0.15) is 60.6 Å². The molecule has 6 nitrogen and oxygen atoms in total. The van der Waals surface area contributed by atoms with E-state index >= 15 is 0 Å². The van der Waals surface area contributed by atoms with Gasteiger partial charge in [-0.25, -0.2) is 18.4 Å². The molecule has 0 amide bonds. The van der Waals surface area contributed by atoms with Crippen LogP contribution in [0.3, 0.4) is 0 Å². The molecule has 8 heteroatoms. The Labute approximate surface area is 143 Å². The molecule has 0 bridgehead atoms. The smallest absolute Gasteiger partial charge is 0.253 e. The van der Waals surface area contributed by atoms with Gasteiger partial charge < -0.3 is 5.32 Å². The highest BCUT2D eigenvalue weighted by atomic mass is 19.3. The number of halogens is 2. The lowest BCUT2D eigenvalue weighted by Crippen LogP contribution is -2.32. The minimum absolute atomic E-state index is 0.0819. The molecule has 2 aliphatic rings. The Bertz CT molecular complexity index is 777. The quantitative estimate of drug-likeness (QED) is 0.840. The topological polar surface area (TPSA) is 72.7 Å². The molecule has 2 fully saturated rings. The molecular formula is C17H19F2N5O. The second-order valence-corrected chi connectivity index (χ2v) is 6.83. The SMILES string of the molecule is O=Cc1cc(NC2CCC(F)(F)CC2)nc(-n2ccc(C3CC3)n2)n1. The molecule has 0 unspecified atom stereocenters. The summed E-state index contributed by atoms with van der Waals surface area (Å²) in [6, 6.07) is 3.39. The van der Waals surface area contributed by atoms with Crippen LogP contribution in [0, 0.1) is 0 Å². The number of nitrogens with one attached hydrogen (secondary N) is 1. The van der Waals surface area contributed by atoms with Crippen LogP contribution >= 0.6 is 0 Å². The van der Waals surface area contributed by atoms with Crippen LogP contribution in [0.5, 0.6) is 0 Å². The van der Waals surface area contributed by atoms with Crippen LogP contribution in [-0.2, 0) is 0 Å². The van der Waals surface area contributed by atoms with Gasteiger partial charge in [0, 0.05) is 37.1 Å². The first kappa shape index (κ1) is 16.1. The lowest BCUT2D eigenvalue weighted by molar-refractivity contribution is -0.0361. The molecule has 25 heavy (non-hydrogen) atoms. The standard InChI is InChI=1S/C17H19F2N5O/c18-17(19)6-3-12(4-7-17)20-15-9-13(10-25)21-16(22-15)24-8-5-14(23-24)11-1-2-11/h5,8-12H,1-4,6-7H2,(H,20,21,22). The summed E-state index contributed by atoms with van der Waals surface area (Å²) in [5.41, 5.74) is 1.24. The zero-order valence-corrected chi connectivity index (χ0v) is 13.7. The first-order valence-corrected chi connectivity index (χ1v) is 8.57. The average Bonchev–Trinajstić information content (AvgIpc) is 3.33. The highest BCUT2D eigenvalue weighted by Gasteiger charge is 2.35. The van der Waals surface area contributed by atoms with Crippen molar-refractivity contribution in [2.24, 2.45) is 0 Å². The van der Waals surface area contributed by atoms with Crippen molar-refractivity contribution in [3.05, 3.63) is 29.7 Å². The molecule has 0 spiro atoms. The van der Waals surface area contributed by atoms with Crippen molar-refractivity contribution in [2.75, 3.05) is 5.32 Å². The number of aromatic nitrogens is 4. The number of alkyl halides is 2. The van der Waals surface area contributed by atoms with Gasteiger partial charge in [0.2, 0.25) is 5.92 Å². The van der Waals surface area contributed by atoms with Gasteiger partial charge >= 0.3 is 0 Å². The minimum atomic E-state index is -2.57. The molecule has 2 saturated carbocycles. The van der Waals surface area contributed by atoms with Crippen LogP contribution in [0.4, 0.5) is 14.6 Å². The zero-order chi connectivity index (χ0) is 17.4. The van der Waals surface area contributed by atoms with E-state index in [0.717, 1.165) is 18.5 Å². The summed E-state index contributed by atoms with van der Waals surface area (Å²) in [5, 5.41) is 7.63. The Morgan fingerprint density at radius 1 is 1.20 bits per heavy atom. The fourth-order valence-electron chi connectivity index (χ4n) is 3.13. The first-order chi connectivity index (χ1) is 12.0. The van der Waals surface area contributed by atoms with Crippen LogP contribution < -0.4 is 5.32 Å². The van der Waals surface area contributed by atoms with Crippen molar-refractivity contribution in [1.82, 2.24) is 19.7 Å². The van der Waals surface area contributed by atoms with E-state index in [-0.39, 0.29) is 24.6 Å². The van der Waals surface area contributed by atoms with Gasteiger partial charge in [-0.3, -0.25) is 4.79 Å². The number of hydrogen-bond acceptors (Lipinski definition) is 5. The normalized spacial score (nSPS) is 20.4. The Hall–Kier alpha value is -2.38. The molecule has 132 valence electrons. The molecule has 2 heterocycles. The van der Waals surface area contributed by atoms with Crippen LogP contribution in [0.15, 0.2) is 18.3 Å². The van der Waals surface area contributed by atoms with Crippen LogP contribution in [0.25, 0.3) is 5.95 Å². The largest absolute Gasteiger partial charge is 0.367 e. The van der Waals surface area contributed by atoms with E-state index < -0.39 is 5.92 Å². The highest BCUT2D eigenvalue weighted by Crippen LogP contribution is 2.39. The van der Waals surface area contributed by atoms with Crippen molar-refractivity contribution in [1.29, 1.82) is 0 Å². The lowest BCUT2D eigenvalue weighted by atomic mass is 9.92. The van der Waals surface area contributed by atoms with Crippen molar-refractivity contribution >= 4 is 12.1 Å². The van der Waals surface area contributed by atoms with E-state index in [1.54, 1.807) is 10.9 Å². The summed E-state index contributed by atoms with van der Waals surface area (Å²) in [5.74, 6) is -1.29. The molecule has 0 saturated heterocycles. The van der Waals surface area contributed by atoms with Crippen molar-refractivity contribution in [3.8, 4) is 5.95 Å². The third kappa shape index (κ3) is 3.67. The fourth-order valence-corrected chi connectivity index (χ4v) is 3.13. The van der Waals surface area contributed by atoms with E-state index in [2.05, 4.69) is 20.4 Å². The van der Waals surface area contributed by atoms with Gasteiger partial charge in [0.25, 0.3) is 5.95 Å². The van der Waals surface area contributed by atoms with Gasteiger partial charge in [-0.05, 0) is 31.7 Å². The summed E-state index contributed by atoms with van der Waals surface area (Å²) < 4.78 is 28.1. The summed E-state index contributed by atoms with van der Waals surface area (Å²) in [6.45, 7) is 0. The molecule has 4 rings (SSSR count). The second kappa shape index (κ2) is 6.16. The molecule has 1 N–H and O–H groups in total. The zero-order valence-electron chi connectivity index (χ0n) is 13.7. The number of hydrogen-bond donors (Lipinski definition) is 1. The second-order valence-electron chi connectivity index (χ2n) is 6.83. The van der Waals surface area contributed by atoms with Crippen molar-refractivity contribution in [3.63, 3.8) is 0 Å². The Morgan fingerprint density at radius 2 is 1.96 bits per heavy atom. The predicted octanol–water partition coefficient (Wildman–Crippen LogP) is 3.34. The van der Waals surface area contributed by atoms with Gasteiger partial charge in [0.1, 0.15) is 11.5 Å². The van der Waals surface area contributed by atoms with E-state index in [1.807, 2.05) is 6.07 Å². The van der Waals surface area contributed by atoms with E-state index in [9.17, 15) is 13.6 Å². The predicted molar refractivity (Wildman–Crippen MR) is 87.3 cm³/mol. The lowest BCUT2D eigenvalue weighted by Gasteiger charge is -2.29. The van der Waals surface area contributed by atoms with Crippen molar-refractivity contribution < 1.29 is 13.6 Å². The Morgan fingerprint density at radius 3 is 2.64 bits per heavy atom. The molecule has 2 aliphatic carbocycles. The fraction of sp³-hybridized carbons (Fsp3) is 0.529.